The van der Waals surface area contributed by atoms with Crippen LogP contribution in [-0.4, -0.2) is 36.4 Å². The zero-order valence-corrected chi connectivity index (χ0v) is 11.8. The first-order chi connectivity index (χ1) is 10.1. The summed E-state index contributed by atoms with van der Waals surface area (Å²) in [5.74, 6) is -0.166. The minimum absolute atomic E-state index is 0.0239. The Hall–Kier alpha value is -1.46. The largest absolute Gasteiger partial charge is 0.388 e. The molecule has 2 fully saturated rings. The van der Waals surface area contributed by atoms with Crippen LogP contribution in [0.4, 0.5) is 4.39 Å². The lowest BCUT2D eigenvalue weighted by Gasteiger charge is -2.32. The Bertz CT molecular complexity index is 511. The first kappa shape index (κ1) is 14.5. The quantitative estimate of drug-likeness (QED) is 0.886. The molecule has 1 aromatic rings. The van der Waals surface area contributed by atoms with Crippen molar-refractivity contribution < 1.29 is 19.0 Å². The standard InChI is InChI=1S/C16H20FNO3/c17-12-3-1-11(2-4-12)13-9-14(13)15(19)18-10-16(20)5-7-21-8-6-16/h1-4,13-14,20H,5-10H2,(H,18,19)/t13-,14+/m1/s1. The fraction of sp³-hybridized carbons (Fsp3) is 0.562. The number of benzene rings is 1. The molecular weight excluding hydrogens is 273 g/mol. The third-order valence-corrected chi connectivity index (χ3v) is 4.44. The van der Waals surface area contributed by atoms with Crippen molar-refractivity contribution >= 4 is 5.91 Å². The van der Waals surface area contributed by atoms with E-state index in [1.165, 1.54) is 12.1 Å². The molecule has 0 bridgehead atoms. The number of carbonyl (C=O) groups excluding carboxylic acids is 1. The summed E-state index contributed by atoms with van der Waals surface area (Å²) < 4.78 is 18.1. The van der Waals surface area contributed by atoms with E-state index in [9.17, 15) is 14.3 Å². The third-order valence-electron chi connectivity index (χ3n) is 4.44. The summed E-state index contributed by atoms with van der Waals surface area (Å²) in [5.41, 5.74) is 0.162. The number of ether oxygens (including phenoxy) is 1. The Kier molecular flexibility index (Phi) is 3.95. The minimum atomic E-state index is -0.839. The molecule has 114 valence electrons. The lowest BCUT2D eigenvalue weighted by atomic mass is 9.94. The summed E-state index contributed by atoms with van der Waals surface area (Å²) >= 11 is 0. The number of hydrogen-bond donors (Lipinski definition) is 2. The molecule has 1 amide bonds. The fourth-order valence-electron chi connectivity index (χ4n) is 2.87. The molecule has 4 nitrogen and oxygen atoms in total. The molecule has 1 aromatic carbocycles. The number of carbonyl (C=O) groups is 1. The predicted molar refractivity (Wildman–Crippen MR) is 75.3 cm³/mol. The number of hydrogen-bond acceptors (Lipinski definition) is 3. The molecule has 1 aliphatic carbocycles. The zero-order chi connectivity index (χ0) is 14.9. The summed E-state index contributed by atoms with van der Waals surface area (Å²) in [4.78, 5) is 12.1. The van der Waals surface area contributed by atoms with Crippen LogP contribution in [0.2, 0.25) is 0 Å². The van der Waals surface area contributed by atoms with Gasteiger partial charge in [-0.3, -0.25) is 4.79 Å². The molecule has 0 spiro atoms. The average Bonchev–Trinajstić information content (AvgIpc) is 3.27. The first-order valence-corrected chi connectivity index (χ1v) is 7.41. The molecule has 1 aliphatic heterocycles. The smallest absolute Gasteiger partial charge is 0.223 e. The molecule has 1 saturated carbocycles. The summed E-state index contributed by atoms with van der Waals surface area (Å²) in [6.07, 6.45) is 1.90. The van der Waals surface area contributed by atoms with Crippen molar-refractivity contribution in [2.45, 2.75) is 30.8 Å². The molecule has 2 N–H and O–H groups in total. The van der Waals surface area contributed by atoms with E-state index < -0.39 is 5.60 Å². The van der Waals surface area contributed by atoms with E-state index in [0.29, 0.717) is 26.1 Å². The van der Waals surface area contributed by atoms with E-state index in [-0.39, 0.29) is 30.1 Å². The second-order valence-corrected chi connectivity index (χ2v) is 6.05. The maximum absolute atomic E-state index is 12.9. The van der Waals surface area contributed by atoms with Gasteiger partial charge in [0.1, 0.15) is 5.82 Å². The Labute approximate surface area is 123 Å². The molecular formula is C16H20FNO3. The van der Waals surface area contributed by atoms with Crippen molar-refractivity contribution in [2.75, 3.05) is 19.8 Å². The second kappa shape index (κ2) is 5.73. The SMILES string of the molecule is O=C(NCC1(O)CCOCC1)[C@H]1C[C@@H]1c1ccc(F)cc1. The number of aliphatic hydroxyl groups is 1. The van der Waals surface area contributed by atoms with Gasteiger partial charge in [0.05, 0.1) is 5.60 Å². The third kappa shape index (κ3) is 3.41. The van der Waals surface area contributed by atoms with Gasteiger partial charge in [-0.1, -0.05) is 12.1 Å². The van der Waals surface area contributed by atoms with E-state index in [4.69, 9.17) is 4.74 Å². The van der Waals surface area contributed by atoms with Crippen LogP contribution in [-0.2, 0) is 9.53 Å². The van der Waals surface area contributed by atoms with Crippen LogP contribution < -0.4 is 5.32 Å². The molecule has 0 aromatic heterocycles. The predicted octanol–water partition coefficient (Wildman–Crippen LogP) is 1.59. The maximum atomic E-state index is 12.9. The number of nitrogens with one attached hydrogen (secondary N) is 1. The van der Waals surface area contributed by atoms with Gasteiger partial charge < -0.3 is 15.2 Å². The van der Waals surface area contributed by atoms with Crippen molar-refractivity contribution in [2.24, 2.45) is 5.92 Å². The normalized spacial score (nSPS) is 27.1. The summed E-state index contributed by atoms with van der Waals surface area (Å²) in [6, 6.07) is 6.32. The summed E-state index contributed by atoms with van der Waals surface area (Å²) in [6.45, 7) is 1.35. The Morgan fingerprint density at radius 1 is 1.33 bits per heavy atom. The maximum Gasteiger partial charge on any atom is 0.223 e. The number of rotatable bonds is 4. The van der Waals surface area contributed by atoms with Crippen molar-refractivity contribution in [1.82, 2.24) is 5.32 Å². The molecule has 0 radical (unpaired) electrons. The molecule has 2 aliphatic rings. The Morgan fingerprint density at radius 2 is 2.00 bits per heavy atom. The second-order valence-electron chi connectivity index (χ2n) is 6.05. The van der Waals surface area contributed by atoms with E-state index in [0.717, 1.165) is 12.0 Å². The molecule has 1 heterocycles. The highest BCUT2D eigenvalue weighted by atomic mass is 19.1. The van der Waals surface area contributed by atoms with Crippen molar-refractivity contribution in [1.29, 1.82) is 0 Å². The van der Waals surface area contributed by atoms with Crippen LogP contribution in [0.25, 0.3) is 0 Å². The topological polar surface area (TPSA) is 58.6 Å². The number of amides is 1. The lowest BCUT2D eigenvalue weighted by Crippen LogP contribution is -2.47. The van der Waals surface area contributed by atoms with E-state index in [2.05, 4.69) is 5.32 Å². The molecule has 1 saturated heterocycles. The van der Waals surface area contributed by atoms with E-state index in [1.54, 1.807) is 12.1 Å². The van der Waals surface area contributed by atoms with Crippen LogP contribution in [0.1, 0.15) is 30.7 Å². The average molecular weight is 293 g/mol. The van der Waals surface area contributed by atoms with Crippen LogP contribution >= 0.6 is 0 Å². The molecule has 0 unspecified atom stereocenters. The highest BCUT2D eigenvalue weighted by Crippen LogP contribution is 2.47. The first-order valence-electron chi connectivity index (χ1n) is 7.41. The van der Waals surface area contributed by atoms with Gasteiger partial charge in [-0.2, -0.15) is 0 Å². The van der Waals surface area contributed by atoms with Gasteiger partial charge in [0.15, 0.2) is 0 Å². The van der Waals surface area contributed by atoms with Crippen LogP contribution in [0, 0.1) is 11.7 Å². The highest BCUT2D eigenvalue weighted by Gasteiger charge is 2.44. The van der Waals surface area contributed by atoms with Gasteiger partial charge in [-0.25, -0.2) is 4.39 Å². The van der Waals surface area contributed by atoms with Crippen molar-refractivity contribution in [3.8, 4) is 0 Å². The minimum Gasteiger partial charge on any atom is -0.388 e. The van der Waals surface area contributed by atoms with Crippen LogP contribution in [0.5, 0.6) is 0 Å². The van der Waals surface area contributed by atoms with Gasteiger partial charge in [0, 0.05) is 38.5 Å². The van der Waals surface area contributed by atoms with Crippen LogP contribution in [0.3, 0.4) is 0 Å². The van der Waals surface area contributed by atoms with Gasteiger partial charge in [0.25, 0.3) is 0 Å². The monoisotopic (exact) mass is 293 g/mol. The summed E-state index contributed by atoms with van der Waals surface area (Å²) in [5, 5.41) is 13.1. The highest BCUT2D eigenvalue weighted by molar-refractivity contribution is 5.82. The van der Waals surface area contributed by atoms with Gasteiger partial charge in [-0.15, -0.1) is 0 Å². The van der Waals surface area contributed by atoms with Crippen LogP contribution in [0.15, 0.2) is 24.3 Å². The van der Waals surface area contributed by atoms with Gasteiger partial charge in [0.2, 0.25) is 5.91 Å². The van der Waals surface area contributed by atoms with Gasteiger partial charge >= 0.3 is 0 Å². The Morgan fingerprint density at radius 3 is 2.67 bits per heavy atom. The molecule has 2 atom stereocenters. The molecule has 5 heteroatoms. The number of halogens is 1. The molecule has 3 rings (SSSR count). The van der Waals surface area contributed by atoms with E-state index in [1.807, 2.05) is 0 Å². The fourth-order valence-corrected chi connectivity index (χ4v) is 2.87. The lowest BCUT2D eigenvalue weighted by molar-refractivity contribution is -0.125. The van der Waals surface area contributed by atoms with Crippen molar-refractivity contribution in [3.05, 3.63) is 35.6 Å². The molecule has 21 heavy (non-hydrogen) atoms. The van der Waals surface area contributed by atoms with Crippen molar-refractivity contribution in [3.63, 3.8) is 0 Å². The summed E-state index contributed by atoms with van der Waals surface area (Å²) in [7, 11) is 0. The zero-order valence-electron chi connectivity index (χ0n) is 11.8. The van der Waals surface area contributed by atoms with E-state index >= 15 is 0 Å². The van der Waals surface area contributed by atoms with Gasteiger partial charge in [-0.05, 0) is 30.0 Å². The Balaban J connectivity index is 1.50.